The molecule has 5 heteroatoms. The summed E-state index contributed by atoms with van der Waals surface area (Å²) in [6.07, 6.45) is 5.74. The molecule has 0 amide bonds. The molecule has 0 aromatic carbocycles. The van der Waals surface area contributed by atoms with E-state index < -0.39 is 21.5 Å². The lowest BCUT2D eigenvalue weighted by molar-refractivity contribution is 0.147. The number of aliphatic hydroxyl groups excluding tert-OH is 1. The SMILES string of the molecule is CCCCCCCC(O)C(CCC)S(=O)(=O)O. The highest BCUT2D eigenvalue weighted by Crippen LogP contribution is 2.17. The Morgan fingerprint density at radius 2 is 1.53 bits per heavy atom. The summed E-state index contributed by atoms with van der Waals surface area (Å²) in [5.41, 5.74) is 0. The molecule has 0 aromatic rings. The van der Waals surface area contributed by atoms with E-state index in [1.807, 2.05) is 6.92 Å². The molecule has 0 heterocycles. The lowest BCUT2D eigenvalue weighted by atomic mass is 10.0. The van der Waals surface area contributed by atoms with Crippen LogP contribution in [0.15, 0.2) is 0 Å². The van der Waals surface area contributed by atoms with E-state index in [1.165, 1.54) is 6.42 Å². The maximum atomic E-state index is 11.1. The summed E-state index contributed by atoms with van der Waals surface area (Å²) < 4.78 is 31.2. The highest BCUT2D eigenvalue weighted by molar-refractivity contribution is 7.86. The summed E-state index contributed by atoms with van der Waals surface area (Å²) in [6.45, 7) is 3.97. The van der Waals surface area contributed by atoms with Gasteiger partial charge in [0.15, 0.2) is 0 Å². The summed E-state index contributed by atoms with van der Waals surface area (Å²) >= 11 is 0. The molecule has 0 aliphatic carbocycles. The van der Waals surface area contributed by atoms with Crippen molar-refractivity contribution in [1.29, 1.82) is 0 Å². The van der Waals surface area contributed by atoms with Crippen molar-refractivity contribution in [1.82, 2.24) is 0 Å². The van der Waals surface area contributed by atoms with Crippen LogP contribution in [0, 0.1) is 0 Å². The second kappa shape index (κ2) is 8.89. The molecule has 2 unspecified atom stereocenters. The zero-order valence-electron chi connectivity index (χ0n) is 10.9. The van der Waals surface area contributed by atoms with Gasteiger partial charge >= 0.3 is 0 Å². The molecule has 0 bridgehead atoms. The number of unbranched alkanes of at least 4 members (excludes halogenated alkanes) is 4. The van der Waals surface area contributed by atoms with Crippen LogP contribution in [0.1, 0.15) is 65.2 Å². The first-order chi connectivity index (χ1) is 7.93. The Kier molecular flexibility index (Phi) is 8.82. The molecular weight excluding hydrogens is 240 g/mol. The van der Waals surface area contributed by atoms with Crippen LogP contribution in [0.4, 0.5) is 0 Å². The van der Waals surface area contributed by atoms with Crippen LogP contribution in [0.5, 0.6) is 0 Å². The van der Waals surface area contributed by atoms with Crippen molar-refractivity contribution >= 4 is 10.1 Å². The summed E-state index contributed by atoms with van der Waals surface area (Å²) in [5.74, 6) is 0. The maximum absolute atomic E-state index is 11.1. The molecule has 104 valence electrons. The fourth-order valence-corrected chi connectivity index (χ4v) is 3.03. The Hall–Kier alpha value is -0.130. The van der Waals surface area contributed by atoms with E-state index in [0.29, 0.717) is 19.3 Å². The van der Waals surface area contributed by atoms with Gasteiger partial charge in [-0.1, -0.05) is 52.4 Å². The lowest BCUT2D eigenvalue weighted by Gasteiger charge is -2.19. The van der Waals surface area contributed by atoms with E-state index in [1.54, 1.807) is 0 Å². The lowest BCUT2D eigenvalue weighted by Crippen LogP contribution is -2.33. The third-order valence-electron chi connectivity index (χ3n) is 2.99. The molecule has 0 radical (unpaired) electrons. The van der Waals surface area contributed by atoms with Gasteiger partial charge in [0.2, 0.25) is 0 Å². The van der Waals surface area contributed by atoms with Crippen molar-refractivity contribution < 1.29 is 18.1 Å². The predicted molar refractivity (Wildman–Crippen MR) is 69.6 cm³/mol. The molecule has 0 rings (SSSR count). The summed E-state index contributed by atoms with van der Waals surface area (Å²) in [5, 5.41) is 8.78. The molecule has 0 fully saturated rings. The molecule has 0 saturated heterocycles. The monoisotopic (exact) mass is 266 g/mol. The first-order valence-corrected chi connectivity index (χ1v) is 8.08. The molecule has 0 spiro atoms. The van der Waals surface area contributed by atoms with Crippen molar-refractivity contribution in [3.63, 3.8) is 0 Å². The van der Waals surface area contributed by atoms with Crippen molar-refractivity contribution in [3.05, 3.63) is 0 Å². The Morgan fingerprint density at radius 1 is 0.941 bits per heavy atom. The molecule has 0 aliphatic heterocycles. The van der Waals surface area contributed by atoms with Gasteiger partial charge in [0, 0.05) is 0 Å². The van der Waals surface area contributed by atoms with E-state index in [4.69, 9.17) is 4.55 Å². The summed E-state index contributed by atoms with van der Waals surface area (Å²) in [4.78, 5) is 0. The van der Waals surface area contributed by atoms with Gasteiger partial charge in [-0.3, -0.25) is 4.55 Å². The van der Waals surface area contributed by atoms with E-state index in [-0.39, 0.29) is 0 Å². The van der Waals surface area contributed by atoms with Crippen molar-refractivity contribution in [2.24, 2.45) is 0 Å². The quantitative estimate of drug-likeness (QED) is 0.471. The average Bonchev–Trinajstić information content (AvgIpc) is 2.23. The van der Waals surface area contributed by atoms with Gasteiger partial charge in [-0.15, -0.1) is 0 Å². The number of hydrogen-bond donors (Lipinski definition) is 2. The highest BCUT2D eigenvalue weighted by Gasteiger charge is 2.29. The Morgan fingerprint density at radius 3 is 2.00 bits per heavy atom. The molecule has 2 N–H and O–H groups in total. The van der Waals surface area contributed by atoms with E-state index in [0.717, 1.165) is 25.7 Å². The summed E-state index contributed by atoms with van der Waals surface area (Å²) in [6, 6.07) is 0. The summed E-state index contributed by atoms with van der Waals surface area (Å²) in [7, 11) is -4.12. The van der Waals surface area contributed by atoms with E-state index in [2.05, 4.69) is 6.92 Å². The third-order valence-corrected chi connectivity index (χ3v) is 4.30. The van der Waals surface area contributed by atoms with Crippen molar-refractivity contribution in [2.45, 2.75) is 76.6 Å². The molecule has 0 saturated carbocycles. The van der Waals surface area contributed by atoms with Crippen LogP contribution < -0.4 is 0 Å². The molecular formula is C12H26O4S. The van der Waals surface area contributed by atoms with Crippen LogP contribution in [0.3, 0.4) is 0 Å². The van der Waals surface area contributed by atoms with Gasteiger partial charge in [0.05, 0.1) is 6.10 Å². The third kappa shape index (κ3) is 7.73. The number of aliphatic hydroxyl groups is 1. The topological polar surface area (TPSA) is 74.6 Å². The number of hydrogen-bond acceptors (Lipinski definition) is 3. The van der Waals surface area contributed by atoms with Gasteiger partial charge in [-0.2, -0.15) is 8.42 Å². The first kappa shape index (κ1) is 16.9. The number of rotatable bonds is 10. The van der Waals surface area contributed by atoms with E-state index in [9.17, 15) is 13.5 Å². The van der Waals surface area contributed by atoms with Crippen molar-refractivity contribution in [2.75, 3.05) is 0 Å². The van der Waals surface area contributed by atoms with Crippen LogP contribution in [0.2, 0.25) is 0 Å². The maximum Gasteiger partial charge on any atom is 0.270 e. The normalized spacial score (nSPS) is 15.8. The fraction of sp³-hybridized carbons (Fsp3) is 1.00. The zero-order chi connectivity index (χ0) is 13.3. The van der Waals surface area contributed by atoms with Gasteiger partial charge in [0.1, 0.15) is 5.25 Å². The minimum absolute atomic E-state index is 0.314. The first-order valence-electron chi connectivity index (χ1n) is 6.57. The van der Waals surface area contributed by atoms with E-state index >= 15 is 0 Å². The van der Waals surface area contributed by atoms with Gasteiger partial charge in [-0.05, 0) is 12.8 Å². The van der Waals surface area contributed by atoms with Crippen LogP contribution in [-0.4, -0.2) is 29.4 Å². The van der Waals surface area contributed by atoms with Gasteiger partial charge < -0.3 is 5.11 Å². The highest BCUT2D eigenvalue weighted by atomic mass is 32.2. The average molecular weight is 266 g/mol. The molecule has 0 aliphatic rings. The molecule has 17 heavy (non-hydrogen) atoms. The second-order valence-electron chi connectivity index (χ2n) is 4.61. The minimum Gasteiger partial charge on any atom is -0.392 e. The van der Waals surface area contributed by atoms with Crippen LogP contribution in [0.25, 0.3) is 0 Å². The van der Waals surface area contributed by atoms with Crippen LogP contribution >= 0.6 is 0 Å². The second-order valence-corrected chi connectivity index (χ2v) is 6.25. The molecule has 2 atom stereocenters. The predicted octanol–water partition coefficient (Wildman–Crippen LogP) is 2.76. The Balaban J connectivity index is 4.03. The van der Waals surface area contributed by atoms with Crippen molar-refractivity contribution in [3.8, 4) is 0 Å². The minimum atomic E-state index is -4.12. The van der Waals surface area contributed by atoms with Gasteiger partial charge in [0.25, 0.3) is 10.1 Å². The molecule has 0 aromatic heterocycles. The largest absolute Gasteiger partial charge is 0.392 e. The van der Waals surface area contributed by atoms with Crippen LogP contribution in [-0.2, 0) is 10.1 Å². The standard InChI is InChI=1S/C12H26O4S/c1-3-5-6-7-8-10-11(13)12(9-4-2)17(14,15)16/h11-13H,3-10H2,1-2H3,(H,14,15,16). The molecule has 4 nitrogen and oxygen atoms in total. The Labute approximate surface area is 105 Å². The fourth-order valence-electron chi connectivity index (χ4n) is 1.97. The van der Waals surface area contributed by atoms with Gasteiger partial charge in [-0.25, -0.2) is 0 Å². The smallest absolute Gasteiger partial charge is 0.270 e. The Bertz CT molecular complexity index is 274. The zero-order valence-corrected chi connectivity index (χ0v) is 11.7.